The maximum absolute atomic E-state index is 14.5. The predicted molar refractivity (Wildman–Crippen MR) is 224 cm³/mol. The van der Waals surface area contributed by atoms with Gasteiger partial charge in [-0.25, -0.2) is 4.79 Å². The molecule has 0 radical (unpaired) electrons. The summed E-state index contributed by atoms with van der Waals surface area (Å²) in [4.78, 5) is 27.7. The zero-order valence-electron chi connectivity index (χ0n) is 35.7. The van der Waals surface area contributed by atoms with Crippen molar-refractivity contribution in [2.75, 3.05) is 26.9 Å². The van der Waals surface area contributed by atoms with Gasteiger partial charge in [0.1, 0.15) is 83.5 Å². The standard InChI is InChI=1S/C43H48O26/c1-61-22-7-14(6-20(50)28(22)52)2-5-26(51)67-39-34(58)30(54)24(12-45)65-42(39)69-40-35(59)31(55)25(13-46)66-43(40)68-38-32(56)27-19(49)9-16(62-41-36(60)33(57)29(53)23(11-44)64-41)10-21(27)63-37(38)15-3-4-17(47)18(48)8-15/h2-10,23-25,29-31,33-36,39-50,52-55,57-60H,11-13H2,1H3. The van der Waals surface area contributed by atoms with Crippen LogP contribution in [-0.4, -0.2) is 202 Å². The lowest BCUT2D eigenvalue weighted by Crippen LogP contribution is -2.65. The van der Waals surface area contributed by atoms with Crippen molar-refractivity contribution in [3.8, 4) is 57.3 Å². The summed E-state index contributed by atoms with van der Waals surface area (Å²) in [6.07, 6.45) is -26.8. The second kappa shape index (κ2) is 20.9. The molecule has 15 atom stereocenters. The highest BCUT2D eigenvalue weighted by molar-refractivity contribution is 5.89. The summed E-state index contributed by atoms with van der Waals surface area (Å²) in [5.41, 5.74) is -1.83. The number of carbonyl (C=O) groups excluding carboxylic acids is 1. The quantitative estimate of drug-likeness (QED) is 0.0330. The van der Waals surface area contributed by atoms with Gasteiger partial charge in [0, 0.05) is 23.8 Å². The van der Waals surface area contributed by atoms with Crippen LogP contribution in [0.25, 0.3) is 28.4 Å². The number of phenolic OH excluding ortho intramolecular Hbond substituents is 5. The SMILES string of the molecule is COc1cc(C=CC(=O)OC2C(OC3C(Oc4c(-c5ccc(O)c(O)c5)oc5cc(OC6OC(CO)C(O)C(O)C6O)cc(O)c5c4=O)OC(CO)C(O)C3O)OC(CO)C(O)C2O)cc(O)c1O. The number of esters is 1. The van der Waals surface area contributed by atoms with Crippen molar-refractivity contribution in [3.05, 3.63) is 64.3 Å². The van der Waals surface area contributed by atoms with Crippen LogP contribution in [0.5, 0.6) is 46.0 Å². The van der Waals surface area contributed by atoms with Crippen molar-refractivity contribution >= 4 is 23.0 Å². The average molecular weight is 981 g/mol. The minimum absolute atomic E-state index is 0.109. The molecule has 26 nitrogen and oxygen atoms in total. The number of aliphatic hydroxyl groups excluding tert-OH is 10. The van der Waals surface area contributed by atoms with E-state index in [0.29, 0.717) is 0 Å². The van der Waals surface area contributed by atoms with Crippen LogP contribution in [0.1, 0.15) is 5.56 Å². The van der Waals surface area contributed by atoms with Crippen molar-refractivity contribution < 1.29 is 124 Å². The van der Waals surface area contributed by atoms with E-state index in [9.17, 15) is 86.2 Å². The summed E-state index contributed by atoms with van der Waals surface area (Å²) < 4.78 is 50.8. The maximum Gasteiger partial charge on any atom is 0.331 e. The number of hydrogen-bond acceptors (Lipinski definition) is 26. The Labute approximate surface area is 386 Å². The molecular weight excluding hydrogens is 932 g/mol. The number of methoxy groups -OCH3 is 1. The van der Waals surface area contributed by atoms with E-state index in [4.69, 9.17) is 42.3 Å². The van der Waals surface area contributed by atoms with Crippen molar-refractivity contribution in [1.29, 1.82) is 0 Å². The van der Waals surface area contributed by atoms with Crippen LogP contribution in [-0.2, 0) is 28.5 Å². The topological polar surface area (TPSA) is 425 Å². The zero-order chi connectivity index (χ0) is 50.2. The van der Waals surface area contributed by atoms with Crippen LogP contribution in [0, 0.1) is 0 Å². The molecule has 15 unspecified atom stereocenters. The average Bonchev–Trinajstić information content (AvgIpc) is 3.32. The van der Waals surface area contributed by atoms with Crippen LogP contribution >= 0.6 is 0 Å². The largest absolute Gasteiger partial charge is 0.507 e. The van der Waals surface area contributed by atoms with Crippen molar-refractivity contribution in [2.24, 2.45) is 0 Å². The first kappa shape index (κ1) is 50.8. The Morgan fingerprint density at radius 3 is 1.87 bits per heavy atom. The van der Waals surface area contributed by atoms with E-state index < -0.39 is 175 Å². The van der Waals surface area contributed by atoms with Gasteiger partial charge in [0.15, 0.2) is 47.3 Å². The summed E-state index contributed by atoms with van der Waals surface area (Å²) in [5, 5.41) is 156. The van der Waals surface area contributed by atoms with E-state index >= 15 is 0 Å². The molecule has 15 N–H and O–H groups in total. The van der Waals surface area contributed by atoms with Gasteiger partial charge in [-0.3, -0.25) is 4.79 Å². The summed E-state index contributed by atoms with van der Waals surface area (Å²) in [5.74, 6) is -6.76. The Bertz CT molecular complexity index is 2560. The van der Waals surface area contributed by atoms with Crippen LogP contribution in [0.4, 0.5) is 0 Å². The number of hydrogen-bond donors (Lipinski definition) is 15. The fraction of sp³-hybridized carbons (Fsp3) is 0.442. The summed E-state index contributed by atoms with van der Waals surface area (Å²) in [7, 11) is 1.20. The normalized spacial score (nSPS) is 31.7. The lowest BCUT2D eigenvalue weighted by molar-refractivity contribution is -0.358. The highest BCUT2D eigenvalue weighted by atomic mass is 16.8. The van der Waals surface area contributed by atoms with Gasteiger partial charge in [0.05, 0.1) is 26.9 Å². The molecule has 26 heteroatoms. The highest BCUT2D eigenvalue weighted by Crippen LogP contribution is 2.41. The van der Waals surface area contributed by atoms with Crippen LogP contribution in [0.3, 0.4) is 0 Å². The smallest absolute Gasteiger partial charge is 0.331 e. The molecule has 3 saturated heterocycles. The van der Waals surface area contributed by atoms with Gasteiger partial charge >= 0.3 is 5.97 Å². The van der Waals surface area contributed by atoms with Crippen LogP contribution in [0.15, 0.2) is 57.8 Å². The third kappa shape index (κ3) is 10.2. The number of fused-ring (bicyclic) bond motifs is 1. The first-order chi connectivity index (χ1) is 32.8. The van der Waals surface area contributed by atoms with Gasteiger partial charge in [0.25, 0.3) is 0 Å². The van der Waals surface area contributed by atoms with E-state index in [0.717, 1.165) is 48.6 Å². The number of aromatic hydroxyl groups is 5. The number of aliphatic hydroxyl groups is 10. The Hall–Kier alpha value is -6.08. The van der Waals surface area contributed by atoms with Gasteiger partial charge in [-0.2, -0.15) is 0 Å². The summed E-state index contributed by atoms with van der Waals surface area (Å²) >= 11 is 0. The number of rotatable bonds is 14. The molecule has 0 aliphatic carbocycles. The van der Waals surface area contributed by atoms with Gasteiger partial charge < -0.3 is 119 Å². The van der Waals surface area contributed by atoms with Gasteiger partial charge in [-0.15, -0.1) is 0 Å². The molecule has 3 aromatic carbocycles. The van der Waals surface area contributed by atoms with E-state index in [2.05, 4.69) is 0 Å². The van der Waals surface area contributed by atoms with Crippen LogP contribution in [0.2, 0.25) is 0 Å². The molecular formula is C43H48O26. The molecule has 376 valence electrons. The molecule has 69 heavy (non-hydrogen) atoms. The van der Waals surface area contributed by atoms with Crippen molar-refractivity contribution in [3.63, 3.8) is 0 Å². The molecule has 0 amide bonds. The monoisotopic (exact) mass is 980 g/mol. The molecule has 7 rings (SSSR count). The number of carbonyl (C=O) groups is 1. The van der Waals surface area contributed by atoms with Crippen molar-refractivity contribution in [1.82, 2.24) is 0 Å². The number of phenols is 5. The van der Waals surface area contributed by atoms with Gasteiger partial charge in [-0.05, 0) is 42.0 Å². The molecule has 0 bridgehead atoms. The maximum atomic E-state index is 14.5. The zero-order valence-corrected chi connectivity index (χ0v) is 35.7. The fourth-order valence-corrected chi connectivity index (χ4v) is 7.65. The summed E-state index contributed by atoms with van der Waals surface area (Å²) in [6, 6.07) is 7.19. The molecule has 4 aromatic rings. The van der Waals surface area contributed by atoms with E-state index in [1.165, 1.54) is 13.2 Å². The van der Waals surface area contributed by atoms with Gasteiger partial charge in [-0.1, -0.05) is 0 Å². The van der Waals surface area contributed by atoms with E-state index in [1.807, 2.05) is 0 Å². The Kier molecular flexibility index (Phi) is 15.4. The molecule has 4 heterocycles. The lowest BCUT2D eigenvalue weighted by Gasteiger charge is -2.46. The second-order valence-electron chi connectivity index (χ2n) is 15.9. The third-order valence-corrected chi connectivity index (χ3v) is 11.4. The predicted octanol–water partition coefficient (Wildman–Crippen LogP) is -3.56. The fourth-order valence-electron chi connectivity index (χ4n) is 7.65. The minimum atomic E-state index is -2.18. The van der Waals surface area contributed by atoms with Crippen molar-refractivity contribution in [2.45, 2.75) is 92.1 Å². The lowest BCUT2D eigenvalue weighted by atomic mass is 9.97. The molecule has 0 saturated carbocycles. The Morgan fingerprint density at radius 1 is 0.638 bits per heavy atom. The molecule has 3 aliphatic heterocycles. The molecule has 0 spiro atoms. The summed E-state index contributed by atoms with van der Waals surface area (Å²) in [6.45, 7) is -2.77. The van der Waals surface area contributed by atoms with E-state index in [1.54, 1.807) is 0 Å². The second-order valence-corrected chi connectivity index (χ2v) is 15.9. The Balaban J connectivity index is 1.26. The molecule has 3 fully saturated rings. The number of benzene rings is 3. The first-order valence-electron chi connectivity index (χ1n) is 20.7. The van der Waals surface area contributed by atoms with Crippen LogP contribution < -0.4 is 19.6 Å². The number of ether oxygens (including phenoxy) is 8. The highest BCUT2D eigenvalue weighted by Gasteiger charge is 2.53. The minimum Gasteiger partial charge on any atom is -0.507 e. The first-order valence-corrected chi connectivity index (χ1v) is 20.7. The molecule has 3 aliphatic rings. The van der Waals surface area contributed by atoms with Gasteiger partial charge in [0.2, 0.25) is 29.5 Å². The molecule has 1 aromatic heterocycles. The Morgan fingerprint density at radius 2 is 1.25 bits per heavy atom. The third-order valence-electron chi connectivity index (χ3n) is 11.4. The van der Waals surface area contributed by atoms with E-state index in [-0.39, 0.29) is 22.6 Å².